The average Bonchev–Trinajstić information content (AvgIpc) is 3.09. The molecule has 0 aromatic heterocycles. The molecule has 1 saturated heterocycles. The van der Waals surface area contributed by atoms with Crippen LogP contribution in [-0.2, 0) is 27.2 Å². The van der Waals surface area contributed by atoms with Crippen molar-refractivity contribution in [1.29, 1.82) is 0 Å². The Morgan fingerprint density at radius 3 is 1.64 bits per heavy atom. The maximum absolute atomic E-state index is 15.3. The lowest BCUT2D eigenvalue weighted by Crippen LogP contribution is -2.71. The molecule has 0 saturated carbocycles. The number of amides is 3. The highest BCUT2D eigenvalue weighted by Crippen LogP contribution is 2.33. The Hall–Kier alpha value is -5.49. The molecule has 6 rings (SSSR count). The van der Waals surface area contributed by atoms with Crippen LogP contribution in [0.25, 0.3) is 0 Å². The Morgan fingerprint density at radius 2 is 1.13 bits per heavy atom. The molecule has 1 heterocycles. The highest BCUT2D eigenvalue weighted by molar-refractivity contribution is 6.03. The number of piperazine rings is 1. The third kappa shape index (κ3) is 7.02. The summed E-state index contributed by atoms with van der Waals surface area (Å²) in [6.45, 7) is 3.91. The zero-order chi connectivity index (χ0) is 32.8. The molecule has 47 heavy (non-hydrogen) atoms. The summed E-state index contributed by atoms with van der Waals surface area (Å²) in [4.78, 5) is 45.8. The molecule has 236 valence electrons. The van der Waals surface area contributed by atoms with Gasteiger partial charge >= 0.3 is 0 Å². The molecule has 5 aromatic rings. The summed E-state index contributed by atoms with van der Waals surface area (Å²) in [6.07, 6.45) is 0.639. The number of rotatable bonds is 9. The molecular formula is C41H39N3O3. The summed E-state index contributed by atoms with van der Waals surface area (Å²) in [5.41, 5.74) is 5.99. The van der Waals surface area contributed by atoms with Crippen molar-refractivity contribution < 1.29 is 14.4 Å². The summed E-state index contributed by atoms with van der Waals surface area (Å²) in [7, 11) is 0. The highest BCUT2D eigenvalue weighted by atomic mass is 16.2. The molecule has 5 aromatic carbocycles. The maximum atomic E-state index is 15.3. The molecule has 0 bridgehead atoms. The third-order valence-electron chi connectivity index (χ3n) is 8.98. The first kappa shape index (κ1) is 31.5. The maximum Gasteiger partial charge on any atom is 0.249 e. The molecule has 0 spiro atoms. The van der Waals surface area contributed by atoms with Crippen molar-refractivity contribution in [3.63, 3.8) is 0 Å². The van der Waals surface area contributed by atoms with Crippen molar-refractivity contribution in [3.8, 4) is 0 Å². The van der Waals surface area contributed by atoms with E-state index in [-0.39, 0.29) is 24.1 Å². The molecule has 3 atom stereocenters. The zero-order valence-electron chi connectivity index (χ0n) is 26.7. The SMILES string of the molecule is Cc1cccc(C)c1NC(=O)C1C(Cc2ccccc2)NC(=O)C(Cc2ccccc2)N1C(=O)C(c1ccccc1)c1ccccc1. The van der Waals surface area contributed by atoms with Gasteiger partial charge in [0.2, 0.25) is 17.7 Å². The van der Waals surface area contributed by atoms with Crippen LogP contribution in [0.3, 0.4) is 0 Å². The van der Waals surface area contributed by atoms with Crippen LogP contribution in [-0.4, -0.2) is 40.7 Å². The molecule has 6 nitrogen and oxygen atoms in total. The van der Waals surface area contributed by atoms with Gasteiger partial charge in [-0.1, -0.05) is 140 Å². The van der Waals surface area contributed by atoms with E-state index in [2.05, 4.69) is 10.6 Å². The smallest absolute Gasteiger partial charge is 0.249 e. The van der Waals surface area contributed by atoms with Crippen LogP contribution in [0.2, 0.25) is 0 Å². The number of anilines is 1. The monoisotopic (exact) mass is 621 g/mol. The quantitative estimate of drug-likeness (QED) is 0.194. The first-order valence-electron chi connectivity index (χ1n) is 16.1. The van der Waals surface area contributed by atoms with Crippen LogP contribution in [0, 0.1) is 13.8 Å². The Kier molecular flexibility index (Phi) is 9.58. The molecule has 0 radical (unpaired) electrons. The third-order valence-corrected chi connectivity index (χ3v) is 8.98. The van der Waals surface area contributed by atoms with Gasteiger partial charge in [-0.15, -0.1) is 0 Å². The van der Waals surface area contributed by atoms with Gasteiger partial charge in [-0.2, -0.15) is 0 Å². The number of carbonyl (C=O) groups excluding carboxylic acids is 3. The van der Waals surface area contributed by atoms with Gasteiger partial charge in [-0.05, 0) is 53.6 Å². The predicted molar refractivity (Wildman–Crippen MR) is 186 cm³/mol. The number of para-hydroxylation sites is 1. The Bertz CT molecular complexity index is 1770. The number of hydrogen-bond acceptors (Lipinski definition) is 3. The minimum absolute atomic E-state index is 0.264. The lowest BCUT2D eigenvalue weighted by atomic mass is 9.85. The summed E-state index contributed by atoms with van der Waals surface area (Å²) >= 11 is 0. The summed E-state index contributed by atoms with van der Waals surface area (Å²) in [5, 5.41) is 6.37. The summed E-state index contributed by atoms with van der Waals surface area (Å²) in [6, 6.07) is 41.9. The van der Waals surface area contributed by atoms with E-state index in [1.807, 2.05) is 153 Å². The van der Waals surface area contributed by atoms with E-state index in [1.54, 1.807) is 4.90 Å². The number of hydrogen-bond donors (Lipinski definition) is 2. The molecule has 1 aliphatic rings. The van der Waals surface area contributed by atoms with Gasteiger partial charge in [-0.25, -0.2) is 0 Å². The average molecular weight is 622 g/mol. The van der Waals surface area contributed by atoms with E-state index in [4.69, 9.17) is 0 Å². The van der Waals surface area contributed by atoms with Crippen molar-refractivity contribution in [2.24, 2.45) is 0 Å². The van der Waals surface area contributed by atoms with Gasteiger partial charge in [0.15, 0.2) is 0 Å². The Balaban J connectivity index is 1.51. The van der Waals surface area contributed by atoms with Gasteiger partial charge < -0.3 is 15.5 Å². The van der Waals surface area contributed by atoms with Crippen molar-refractivity contribution in [1.82, 2.24) is 10.2 Å². The predicted octanol–water partition coefficient (Wildman–Crippen LogP) is 6.62. The largest absolute Gasteiger partial charge is 0.349 e. The van der Waals surface area contributed by atoms with Crippen LogP contribution in [0.5, 0.6) is 0 Å². The van der Waals surface area contributed by atoms with E-state index in [0.29, 0.717) is 12.1 Å². The van der Waals surface area contributed by atoms with Crippen molar-refractivity contribution in [2.45, 2.75) is 50.7 Å². The van der Waals surface area contributed by atoms with Crippen molar-refractivity contribution in [2.75, 3.05) is 5.32 Å². The lowest BCUT2D eigenvalue weighted by Gasteiger charge is -2.46. The van der Waals surface area contributed by atoms with Gasteiger partial charge in [0.05, 0.1) is 12.0 Å². The number of carbonyl (C=O) groups is 3. The molecule has 1 fully saturated rings. The van der Waals surface area contributed by atoms with E-state index >= 15 is 4.79 Å². The molecule has 3 amide bonds. The van der Waals surface area contributed by atoms with Crippen LogP contribution < -0.4 is 10.6 Å². The zero-order valence-corrected chi connectivity index (χ0v) is 26.7. The van der Waals surface area contributed by atoms with E-state index in [1.165, 1.54) is 0 Å². The van der Waals surface area contributed by atoms with E-state index in [0.717, 1.165) is 33.4 Å². The van der Waals surface area contributed by atoms with Crippen LogP contribution >= 0.6 is 0 Å². The van der Waals surface area contributed by atoms with Crippen molar-refractivity contribution >= 4 is 23.4 Å². The van der Waals surface area contributed by atoms with Crippen LogP contribution in [0.1, 0.15) is 39.3 Å². The fourth-order valence-electron chi connectivity index (χ4n) is 6.66. The van der Waals surface area contributed by atoms with Gasteiger partial charge in [0, 0.05) is 12.1 Å². The van der Waals surface area contributed by atoms with Crippen LogP contribution in [0.4, 0.5) is 5.69 Å². The fraction of sp³-hybridized carbons (Fsp3) is 0.195. The minimum Gasteiger partial charge on any atom is -0.349 e. The summed E-state index contributed by atoms with van der Waals surface area (Å²) < 4.78 is 0. The Labute approximate surface area is 276 Å². The van der Waals surface area contributed by atoms with Crippen LogP contribution in [0.15, 0.2) is 140 Å². The number of aryl methyl sites for hydroxylation is 2. The molecule has 6 heteroatoms. The Morgan fingerprint density at radius 1 is 0.660 bits per heavy atom. The normalized spacial score (nSPS) is 17.6. The van der Waals surface area contributed by atoms with Gasteiger partial charge in [0.1, 0.15) is 12.1 Å². The summed E-state index contributed by atoms with van der Waals surface area (Å²) in [5.74, 6) is -1.64. The van der Waals surface area contributed by atoms with Gasteiger partial charge in [0.25, 0.3) is 0 Å². The standard InChI is InChI=1S/C41H39N3O3/c1-28-16-15-17-29(2)37(28)43-40(46)38-34(26-30-18-7-3-8-19-30)42-39(45)35(27-31-20-9-4-10-21-31)44(38)41(47)36(32-22-11-5-12-23-32)33-24-13-6-14-25-33/h3-25,34-36,38H,26-27H2,1-2H3,(H,42,45)(H,43,46). The first-order chi connectivity index (χ1) is 22.9. The lowest BCUT2D eigenvalue weighted by molar-refractivity contribution is -0.153. The van der Waals surface area contributed by atoms with Gasteiger partial charge in [-0.3, -0.25) is 14.4 Å². The second-order valence-electron chi connectivity index (χ2n) is 12.2. The second kappa shape index (κ2) is 14.3. The number of nitrogens with one attached hydrogen (secondary N) is 2. The molecule has 3 unspecified atom stereocenters. The molecular weight excluding hydrogens is 582 g/mol. The molecule has 2 N–H and O–H groups in total. The number of benzene rings is 5. The fourth-order valence-corrected chi connectivity index (χ4v) is 6.66. The highest BCUT2D eigenvalue weighted by Gasteiger charge is 2.49. The molecule has 1 aliphatic heterocycles. The topological polar surface area (TPSA) is 78.5 Å². The van der Waals surface area contributed by atoms with E-state index in [9.17, 15) is 9.59 Å². The first-order valence-corrected chi connectivity index (χ1v) is 16.1. The van der Waals surface area contributed by atoms with E-state index < -0.39 is 24.0 Å². The van der Waals surface area contributed by atoms with Crippen molar-refractivity contribution in [3.05, 3.63) is 173 Å². The number of nitrogens with zero attached hydrogens (tertiary/aromatic N) is 1. The molecule has 0 aliphatic carbocycles. The minimum atomic E-state index is -0.997. The second-order valence-corrected chi connectivity index (χ2v) is 12.2.